The van der Waals surface area contributed by atoms with Gasteiger partial charge in [0.2, 0.25) is 0 Å². The highest BCUT2D eigenvalue weighted by Crippen LogP contribution is 2.41. The maximum atomic E-state index is 12.6. The van der Waals surface area contributed by atoms with Crippen LogP contribution in [0.5, 0.6) is 0 Å². The molecule has 0 spiro atoms. The molecule has 0 bridgehead atoms. The van der Waals surface area contributed by atoms with Crippen molar-refractivity contribution in [2.24, 2.45) is 5.92 Å². The van der Waals surface area contributed by atoms with Crippen molar-refractivity contribution in [1.29, 1.82) is 0 Å². The summed E-state index contributed by atoms with van der Waals surface area (Å²) in [6.45, 7) is 10.3. The van der Waals surface area contributed by atoms with Crippen LogP contribution in [0.2, 0.25) is 0 Å². The molecule has 0 saturated heterocycles. The largest absolute Gasteiger partial charge is 0.317 e. The summed E-state index contributed by atoms with van der Waals surface area (Å²) in [4.78, 5) is 37.5. The maximum Gasteiger partial charge on any atom is 0.275 e. The van der Waals surface area contributed by atoms with E-state index < -0.39 is 5.91 Å². The summed E-state index contributed by atoms with van der Waals surface area (Å²) in [6, 6.07) is 12.7. The number of rotatable bonds is 11. The first-order valence-corrected chi connectivity index (χ1v) is 15.0. The van der Waals surface area contributed by atoms with Gasteiger partial charge in [0, 0.05) is 16.5 Å². The minimum atomic E-state index is -0.402. The fourth-order valence-electron chi connectivity index (χ4n) is 4.57. The van der Waals surface area contributed by atoms with Gasteiger partial charge in [-0.05, 0) is 80.3 Å². The Bertz CT molecular complexity index is 1520. The smallest absolute Gasteiger partial charge is 0.275 e. The summed E-state index contributed by atoms with van der Waals surface area (Å²) in [5.74, 6) is 0.974. The number of aromatic nitrogens is 2. The molecule has 0 atom stereocenters. The molecule has 9 heteroatoms. The molecule has 202 valence electrons. The lowest BCUT2D eigenvalue weighted by atomic mass is 10.0. The molecule has 0 saturated carbocycles. The molecule has 1 aliphatic rings. The first-order valence-electron chi connectivity index (χ1n) is 13.3. The Morgan fingerprint density at radius 1 is 1.03 bits per heavy atom. The Morgan fingerprint density at radius 2 is 1.82 bits per heavy atom. The summed E-state index contributed by atoms with van der Waals surface area (Å²) < 4.78 is 0. The number of anilines is 1. The number of aryl methyl sites for hydroxylation is 2. The molecule has 7 nitrogen and oxygen atoms in total. The lowest BCUT2D eigenvalue weighted by Gasteiger charge is -2.17. The second kappa shape index (κ2) is 11.8. The van der Waals surface area contributed by atoms with Crippen molar-refractivity contribution in [3.8, 4) is 21.1 Å². The Labute approximate surface area is 237 Å². The van der Waals surface area contributed by atoms with Crippen molar-refractivity contribution in [2.45, 2.75) is 47.0 Å². The third kappa shape index (κ3) is 5.95. The van der Waals surface area contributed by atoms with Crippen LogP contribution in [0, 0.1) is 12.8 Å². The molecule has 2 amide bonds. The van der Waals surface area contributed by atoms with Gasteiger partial charge < -0.3 is 5.32 Å². The number of nitrogens with zero attached hydrogens (tertiary/aromatic N) is 3. The molecule has 1 aromatic carbocycles. The molecule has 39 heavy (non-hydrogen) atoms. The van der Waals surface area contributed by atoms with Crippen molar-refractivity contribution in [2.75, 3.05) is 18.5 Å². The van der Waals surface area contributed by atoms with Gasteiger partial charge in [-0.25, -0.2) is 9.97 Å². The van der Waals surface area contributed by atoms with Gasteiger partial charge in [0.1, 0.15) is 4.83 Å². The van der Waals surface area contributed by atoms with E-state index in [1.54, 1.807) is 29.6 Å². The van der Waals surface area contributed by atoms with Crippen LogP contribution in [0.4, 0.5) is 5.82 Å². The zero-order chi connectivity index (χ0) is 27.5. The number of hydrazine groups is 1. The number of fused-ring (bicyclic) bond motifs is 1. The predicted octanol–water partition coefficient (Wildman–Crippen LogP) is 6.61. The molecule has 0 fully saturated rings. The number of benzene rings is 1. The lowest BCUT2D eigenvalue weighted by molar-refractivity contribution is -0.135. The minimum Gasteiger partial charge on any atom is -0.317 e. The number of carbonyl (C=O) groups excluding carboxylic acids is 2. The van der Waals surface area contributed by atoms with Gasteiger partial charge in [0.15, 0.2) is 11.6 Å². The Morgan fingerprint density at radius 3 is 2.49 bits per heavy atom. The number of hydrogen-bond donors (Lipinski definition) is 2. The molecule has 4 aromatic rings. The third-order valence-electron chi connectivity index (χ3n) is 6.78. The highest BCUT2D eigenvalue weighted by atomic mass is 32.1. The lowest BCUT2D eigenvalue weighted by Crippen LogP contribution is -2.36. The molecule has 0 unspecified atom stereocenters. The van der Waals surface area contributed by atoms with Crippen LogP contribution in [0.25, 0.3) is 31.4 Å². The molecule has 0 aliphatic carbocycles. The van der Waals surface area contributed by atoms with Crippen LogP contribution >= 0.6 is 22.7 Å². The number of nitrogens with one attached hydrogen (secondary N) is 2. The van der Waals surface area contributed by atoms with E-state index in [1.807, 2.05) is 24.4 Å². The first-order chi connectivity index (χ1) is 18.8. The van der Waals surface area contributed by atoms with Gasteiger partial charge in [-0.3, -0.25) is 15.0 Å². The van der Waals surface area contributed by atoms with E-state index in [-0.39, 0.29) is 5.91 Å². The quantitative estimate of drug-likeness (QED) is 0.159. The second-order valence-corrected chi connectivity index (χ2v) is 12.2. The fraction of sp³-hybridized carbons (Fsp3) is 0.333. The van der Waals surface area contributed by atoms with E-state index in [0.29, 0.717) is 17.2 Å². The normalized spacial score (nSPS) is 13.7. The van der Waals surface area contributed by atoms with Gasteiger partial charge in [-0.2, -0.15) is 5.01 Å². The zero-order valence-corrected chi connectivity index (χ0v) is 24.3. The maximum absolute atomic E-state index is 12.6. The van der Waals surface area contributed by atoms with Gasteiger partial charge >= 0.3 is 0 Å². The van der Waals surface area contributed by atoms with E-state index in [1.165, 1.54) is 18.1 Å². The van der Waals surface area contributed by atoms with E-state index in [4.69, 9.17) is 9.97 Å². The molecular weight excluding hydrogens is 526 g/mol. The minimum absolute atomic E-state index is 0.372. The van der Waals surface area contributed by atoms with E-state index >= 15 is 0 Å². The van der Waals surface area contributed by atoms with Crippen LogP contribution in [-0.2, 0) is 16.0 Å². The van der Waals surface area contributed by atoms with Gasteiger partial charge in [0.05, 0.1) is 10.3 Å². The fourth-order valence-corrected chi connectivity index (χ4v) is 6.41. The molecule has 5 rings (SSSR count). The highest BCUT2D eigenvalue weighted by molar-refractivity contribution is 7.22. The van der Waals surface area contributed by atoms with Gasteiger partial charge in [-0.1, -0.05) is 44.2 Å². The van der Waals surface area contributed by atoms with Gasteiger partial charge in [-0.15, -0.1) is 22.7 Å². The van der Waals surface area contributed by atoms with Crippen LogP contribution in [0.3, 0.4) is 0 Å². The van der Waals surface area contributed by atoms with Crippen LogP contribution < -0.4 is 10.7 Å². The van der Waals surface area contributed by atoms with E-state index in [0.717, 1.165) is 68.0 Å². The van der Waals surface area contributed by atoms with Crippen molar-refractivity contribution >= 4 is 50.5 Å². The van der Waals surface area contributed by atoms with Crippen molar-refractivity contribution in [1.82, 2.24) is 20.3 Å². The highest BCUT2D eigenvalue weighted by Gasteiger charge is 2.30. The monoisotopic (exact) mass is 559 g/mol. The molecule has 2 N–H and O–H groups in total. The number of imide groups is 1. The molecular formula is C30H33N5O2S2. The van der Waals surface area contributed by atoms with Crippen LogP contribution in [0.1, 0.15) is 44.7 Å². The van der Waals surface area contributed by atoms with Crippen molar-refractivity contribution in [3.63, 3.8) is 0 Å². The van der Waals surface area contributed by atoms with E-state index in [9.17, 15) is 9.59 Å². The van der Waals surface area contributed by atoms with Crippen LogP contribution in [0.15, 0.2) is 53.4 Å². The topological polar surface area (TPSA) is 87.2 Å². The summed E-state index contributed by atoms with van der Waals surface area (Å²) >= 11 is 3.15. The van der Waals surface area contributed by atoms with Gasteiger partial charge in [0.25, 0.3) is 11.8 Å². The SMILES string of the molecule is CC1=CC(=O)N(Nc2nc(-c3cccs3)nc3sc(-c4ccc(CCCNCCC(C)C)cc4)c(C)c23)C1=O. The summed E-state index contributed by atoms with van der Waals surface area (Å²) in [5, 5.41) is 7.36. The number of hydrogen-bond acceptors (Lipinski definition) is 8. The van der Waals surface area contributed by atoms with Crippen molar-refractivity contribution < 1.29 is 9.59 Å². The third-order valence-corrected chi connectivity index (χ3v) is 8.88. The van der Waals surface area contributed by atoms with E-state index in [2.05, 4.69) is 48.9 Å². The Balaban J connectivity index is 1.41. The predicted molar refractivity (Wildman–Crippen MR) is 161 cm³/mol. The summed E-state index contributed by atoms with van der Waals surface area (Å²) in [7, 11) is 0. The summed E-state index contributed by atoms with van der Waals surface area (Å²) in [6.07, 6.45) is 4.69. The average molecular weight is 560 g/mol. The molecule has 1 aliphatic heterocycles. The molecule has 0 radical (unpaired) electrons. The Kier molecular flexibility index (Phi) is 8.20. The van der Waals surface area contributed by atoms with Crippen molar-refractivity contribution in [3.05, 3.63) is 64.6 Å². The number of amides is 2. The average Bonchev–Trinajstić information content (AvgIpc) is 3.62. The van der Waals surface area contributed by atoms with Crippen LogP contribution in [-0.4, -0.2) is 39.9 Å². The first kappa shape index (κ1) is 27.2. The zero-order valence-electron chi connectivity index (χ0n) is 22.7. The Hall–Kier alpha value is -3.40. The molecule has 4 heterocycles. The second-order valence-electron chi connectivity index (χ2n) is 10.3. The standard InChI is InChI=1S/C30H33N5O2S2/c1-18(2)13-15-31-14-5-7-21-9-11-22(12-10-21)26-20(4)25-28(34-35-24(36)17-19(3)30(35)37)32-27(33-29(25)39-26)23-8-6-16-38-23/h6,8-12,16-18,31H,5,7,13-15H2,1-4H3,(H,32,33,34). The number of carbonyl (C=O) groups is 2. The molecule has 3 aromatic heterocycles. The number of thiophene rings is 2. The summed E-state index contributed by atoms with van der Waals surface area (Å²) in [5.41, 5.74) is 6.85.